The van der Waals surface area contributed by atoms with Gasteiger partial charge in [0, 0.05) is 32.5 Å². The summed E-state index contributed by atoms with van der Waals surface area (Å²) in [5.74, 6) is -0.172. The van der Waals surface area contributed by atoms with Crippen molar-refractivity contribution in [1.29, 1.82) is 0 Å². The molecule has 130 valence electrons. The topological polar surface area (TPSA) is 60.9 Å². The van der Waals surface area contributed by atoms with Crippen molar-refractivity contribution < 1.29 is 14.7 Å². The van der Waals surface area contributed by atoms with Gasteiger partial charge in [-0.15, -0.1) is 0 Å². The first-order valence-electron chi connectivity index (χ1n) is 8.68. The van der Waals surface area contributed by atoms with E-state index >= 15 is 0 Å². The van der Waals surface area contributed by atoms with Gasteiger partial charge in [0.15, 0.2) is 0 Å². The standard InChI is InChI=1S/C19H26N2O3/c1-12-4-5-15(8-13(12)2)10-21(16-6-7-16)19(24)18-9-17(23)11-20(18)14(3)22/h4-5,8,16-18,23H,6-7,9-11H2,1-3H3/t17-,18-/m1/s1. The molecular formula is C19H26N2O3. The van der Waals surface area contributed by atoms with Crippen molar-refractivity contribution in [2.24, 2.45) is 0 Å². The maximum atomic E-state index is 13.1. The molecule has 1 saturated heterocycles. The van der Waals surface area contributed by atoms with E-state index in [0.717, 1.165) is 18.4 Å². The van der Waals surface area contributed by atoms with Gasteiger partial charge in [0.25, 0.3) is 0 Å². The number of likely N-dealkylation sites (tertiary alicyclic amines) is 1. The maximum absolute atomic E-state index is 13.1. The van der Waals surface area contributed by atoms with Gasteiger partial charge in [-0.25, -0.2) is 0 Å². The van der Waals surface area contributed by atoms with E-state index in [2.05, 4.69) is 32.0 Å². The zero-order valence-corrected chi connectivity index (χ0v) is 14.7. The molecule has 2 aliphatic rings. The van der Waals surface area contributed by atoms with E-state index in [1.54, 1.807) is 0 Å². The van der Waals surface area contributed by atoms with Crippen molar-refractivity contribution in [3.8, 4) is 0 Å². The SMILES string of the molecule is CC(=O)N1C[C@H](O)C[C@@H]1C(=O)N(Cc1ccc(C)c(C)c1)C1CC1. The number of aliphatic hydroxyl groups is 1. The highest BCUT2D eigenvalue weighted by Crippen LogP contribution is 2.31. The van der Waals surface area contributed by atoms with Gasteiger partial charge in [-0.05, 0) is 43.4 Å². The summed E-state index contributed by atoms with van der Waals surface area (Å²) in [5.41, 5.74) is 3.58. The van der Waals surface area contributed by atoms with Crippen LogP contribution < -0.4 is 0 Å². The molecule has 2 atom stereocenters. The number of benzene rings is 1. The highest BCUT2D eigenvalue weighted by Gasteiger charge is 2.43. The monoisotopic (exact) mass is 330 g/mol. The predicted molar refractivity (Wildman–Crippen MR) is 91.3 cm³/mol. The minimum atomic E-state index is -0.606. The van der Waals surface area contributed by atoms with Gasteiger partial charge in [-0.3, -0.25) is 9.59 Å². The molecule has 1 aromatic carbocycles. The van der Waals surface area contributed by atoms with Crippen LogP contribution in [-0.4, -0.2) is 51.5 Å². The molecule has 2 fully saturated rings. The largest absolute Gasteiger partial charge is 0.391 e. The number of carbonyl (C=O) groups is 2. The Labute approximate surface area is 143 Å². The first kappa shape index (κ1) is 17.0. The fourth-order valence-corrected chi connectivity index (χ4v) is 3.46. The highest BCUT2D eigenvalue weighted by molar-refractivity contribution is 5.88. The number of amides is 2. The smallest absolute Gasteiger partial charge is 0.246 e. The second-order valence-electron chi connectivity index (χ2n) is 7.19. The average molecular weight is 330 g/mol. The van der Waals surface area contributed by atoms with Gasteiger partial charge in [-0.2, -0.15) is 0 Å². The van der Waals surface area contributed by atoms with Crippen molar-refractivity contribution in [2.75, 3.05) is 6.54 Å². The van der Waals surface area contributed by atoms with E-state index in [1.807, 2.05) is 4.90 Å². The molecule has 0 radical (unpaired) electrons. The van der Waals surface area contributed by atoms with Crippen LogP contribution in [-0.2, 0) is 16.1 Å². The Morgan fingerprint density at radius 2 is 1.96 bits per heavy atom. The van der Waals surface area contributed by atoms with Gasteiger partial charge >= 0.3 is 0 Å². The lowest BCUT2D eigenvalue weighted by Crippen LogP contribution is -2.47. The fourth-order valence-electron chi connectivity index (χ4n) is 3.46. The number of aliphatic hydroxyl groups excluding tert-OH is 1. The summed E-state index contributed by atoms with van der Waals surface area (Å²) in [6.07, 6.45) is 1.78. The Morgan fingerprint density at radius 3 is 2.54 bits per heavy atom. The molecule has 3 rings (SSSR count). The Balaban J connectivity index is 1.79. The molecule has 1 N–H and O–H groups in total. The molecular weight excluding hydrogens is 304 g/mol. The average Bonchev–Trinajstić information content (AvgIpc) is 3.29. The molecule has 5 nitrogen and oxygen atoms in total. The number of hydrogen-bond acceptors (Lipinski definition) is 3. The summed E-state index contributed by atoms with van der Waals surface area (Å²) in [6, 6.07) is 6.03. The molecule has 1 saturated carbocycles. The van der Waals surface area contributed by atoms with E-state index in [4.69, 9.17) is 0 Å². The second kappa shape index (κ2) is 6.55. The van der Waals surface area contributed by atoms with Gasteiger partial charge in [0.2, 0.25) is 11.8 Å². The van der Waals surface area contributed by atoms with E-state index in [0.29, 0.717) is 13.0 Å². The molecule has 2 amide bonds. The van der Waals surface area contributed by atoms with E-state index < -0.39 is 12.1 Å². The van der Waals surface area contributed by atoms with Crippen LogP contribution in [0.5, 0.6) is 0 Å². The molecule has 1 aliphatic heterocycles. The molecule has 1 heterocycles. The zero-order chi connectivity index (χ0) is 17.4. The summed E-state index contributed by atoms with van der Waals surface area (Å²) in [7, 11) is 0. The first-order valence-corrected chi connectivity index (χ1v) is 8.68. The molecule has 24 heavy (non-hydrogen) atoms. The van der Waals surface area contributed by atoms with Gasteiger partial charge < -0.3 is 14.9 Å². The number of β-amino-alcohol motifs (C(OH)–C–C–N with tert-alkyl or cyclic N) is 1. The first-order chi connectivity index (χ1) is 11.4. The van der Waals surface area contributed by atoms with Crippen LogP contribution in [0, 0.1) is 13.8 Å². The molecule has 0 unspecified atom stereocenters. The molecule has 1 aliphatic carbocycles. The number of rotatable bonds is 4. The highest BCUT2D eigenvalue weighted by atomic mass is 16.3. The van der Waals surface area contributed by atoms with E-state index in [-0.39, 0.29) is 24.4 Å². The zero-order valence-electron chi connectivity index (χ0n) is 14.7. The fraction of sp³-hybridized carbons (Fsp3) is 0.579. The summed E-state index contributed by atoms with van der Waals surface area (Å²) >= 11 is 0. The number of hydrogen-bond donors (Lipinski definition) is 1. The third-order valence-electron chi connectivity index (χ3n) is 5.16. The summed E-state index contributed by atoms with van der Waals surface area (Å²) in [6.45, 7) is 6.44. The minimum absolute atomic E-state index is 0.0255. The van der Waals surface area contributed by atoms with Crippen molar-refractivity contribution in [3.05, 3.63) is 34.9 Å². The van der Waals surface area contributed by atoms with Crippen LogP contribution in [0.4, 0.5) is 0 Å². The van der Waals surface area contributed by atoms with E-state index in [9.17, 15) is 14.7 Å². The Morgan fingerprint density at radius 1 is 1.25 bits per heavy atom. The predicted octanol–water partition coefficient (Wildman–Crippen LogP) is 1.78. The Kier molecular flexibility index (Phi) is 4.63. The third-order valence-corrected chi connectivity index (χ3v) is 5.16. The minimum Gasteiger partial charge on any atom is -0.391 e. The molecule has 0 bridgehead atoms. The van der Waals surface area contributed by atoms with Gasteiger partial charge in [0.1, 0.15) is 6.04 Å². The molecule has 1 aromatic rings. The summed E-state index contributed by atoms with van der Waals surface area (Å²) < 4.78 is 0. The molecule has 0 aromatic heterocycles. The Bertz CT molecular complexity index is 654. The van der Waals surface area contributed by atoms with Crippen molar-refractivity contribution in [1.82, 2.24) is 9.80 Å². The van der Waals surface area contributed by atoms with E-state index in [1.165, 1.54) is 23.0 Å². The van der Waals surface area contributed by atoms with Crippen molar-refractivity contribution in [2.45, 2.75) is 64.8 Å². The third kappa shape index (κ3) is 3.46. The van der Waals surface area contributed by atoms with Crippen LogP contribution in [0.1, 0.15) is 42.9 Å². The summed E-state index contributed by atoms with van der Waals surface area (Å²) in [4.78, 5) is 28.3. The maximum Gasteiger partial charge on any atom is 0.246 e. The number of aryl methyl sites for hydroxylation is 2. The quantitative estimate of drug-likeness (QED) is 0.915. The van der Waals surface area contributed by atoms with Crippen LogP contribution in [0.15, 0.2) is 18.2 Å². The second-order valence-corrected chi connectivity index (χ2v) is 7.19. The van der Waals surface area contributed by atoms with Crippen molar-refractivity contribution in [3.63, 3.8) is 0 Å². The van der Waals surface area contributed by atoms with Crippen LogP contribution in [0.3, 0.4) is 0 Å². The van der Waals surface area contributed by atoms with Crippen molar-refractivity contribution >= 4 is 11.8 Å². The van der Waals surface area contributed by atoms with Crippen LogP contribution >= 0.6 is 0 Å². The Hall–Kier alpha value is -1.88. The molecule has 0 spiro atoms. The van der Waals surface area contributed by atoms with Gasteiger partial charge in [-0.1, -0.05) is 18.2 Å². The van der Waals surface area contributed by atoms with Crippen LogP contribution in [0.2, 0.25) is 0 Å². The lowest BCUT2D eigenvalue weighted by atomic mass is 10.1. The van der Waals surface area contributed by atoms with Crippen LogP contribution in [0.25, 0.3) is 0 Å². The summed E-state index contributed by atoms with van der Waals surface area (Å²) in [5, 5.41) is 9.90. The number of nitrogens with zero attached hydrogens (tertiary/aromatic N) is 2. The lowest BCUT2D eigenvalue weighted by Gasteiger charge is -2.30. The lowest BCUT2D eigenvalue weighted by molar-refractivity contribution is -0.143. The number of carbonyl (C=O) groups excluding carboxylic acids is 2. The normalized spacial score (nSPS) is 23.4. The molecule has 5 heteroatoms. The van der Waals surface area contributed by atoms with Gasteiger partial charge in [0.05, 0.1) is 6.10 Å².